The summed E-state index contributed by atoms with van der Waals surface area (Å²) in [5.41, 5.74) is 9.16. The van der Waals surface area contributed by atoms with Crippen molar-refractivity contribution in [2.45, 2.75) is 65.6 Å². The molecule has 1 aliphatic rings. The number of hydrogen-bond donors (Lipinski definition) is 1. The predicted molar refractivity (Wildman–Crippen MR) is 128 cm³/mol. The zero-order chi connectivity index (χ0) is 24.9. The first-order valence-corrected chi connectivity index (χ1v) is 11.2. The lowest BCUT2D eigenvalue weighted by molar-refractivity contribution is 0.0600. The molecule has 0 saturated heterocycles. The van der Waals surface area contributed by atoms with Gasteiger partial charge in [-0.3, -0.25) is 0 Å². The van der Waals surface area contributed by atoms with Crippen LogP contribution < -0.4 is 10.5 Å². The maximum atomic E-state index is 10.0. The smallest absolute Gasteiger partial charge is 0.405 e. The summed E-state index contributed by atoms with van der Waals surface area (Å²) in [5, 5.41) is 13.6. The molecule has 0 spiro atoms. The predicted octanol–water partition coefficient (Wildman–Crippen LogP) is 5.43. The van der Waals surface area contributed by atoms with Gasteiger partial charge in [-0.1, -0.05) is 23.4 Å². The minimum Gasteiger partial charge on any atom is -0.490 e. The monoisotopic (exact) mass is 462 g/mol. The molecule has 4 rings (SSSR count). The zero-order valence-corrected chi connectivity index (χ0v) is 20.2. The van der Waals surface area contributed by atoms with Crippen molar-refractivity contribution < 1.29 is 18.8 Å². The van der Waals surface area contributed by atoms with Gasteiger partial charge in [0.05, 0.1) is 11.7 Å². The summed E-state index contributed by atoms with van der Waals surface area (Å²) in [6.07, 6.45) is 2.60. The van der Waals surface area contributed by atoms with Crippen LogP contribution in [0.25, 0.3) is 22.8 Å². The number of fused-ring (bicyclic) bond motifs is 1. The summed E-state index contributed by atoms with van der Waals surface area (Å²) in [4.78, 5) is 14.6. The topological polar surface area (TPSA) is 124 Å². The van der Waals surface area contributed by atoms with Crippen LogP contribution in [0.5, 0.6) is 5.75 Å². The molecule has 0 fully saturated rings. The Labute approximate surface area is 199 Å². The van der Waals surface area contributed by atoms with Crippen LogP contribution in [0.15, 0.2) is 40.9 Å². The molecule has 34 heavy (non-hydrogen) atoms. The van der Waals surface area contributed by atoms with Crippen LogP contribution >= 0.6 is 0 Å². The summed E-state index contributed by atoms with van der Waals surface area (Å²) in [5.74, 6) is 1.56. The third-order valence-corrected chi connectivity index (χ3v) is 4.93. The van der Waals surface area contributed by atoms with Gasteiger partial charge in [-0.2, -0.15) is 10.2 Å². The highest BCUT2D eigenvalue weighted by atomic mass is 16.6. The Bertz CT molecular complexity index is 1200. The Morgan fingerprint density at radius 1 is 1.21 bits per heavy atom. The van der Waals surface area contributed by atoms with Crippen LogP contribution in [0.1, 0.15) is 57.7 Å². The van der Waals surface area contributed by atoms with Crippen molar-refractivity contribution in [2.75, 3.05) is 0 Å². The van der Waals surface area contributed by atoms with Gasteiger partial charge in [0.1, 0.15) is 17.4 Å². The van der Waals surface area contributed by atoms with Gasteiger partial charge in [0.15, 0.2) is 0 Å². The van der Waals surface area contributed by atoms with Crippen LogP contribution in [0.2, 0.25) is 0 Å². The minimum absolute atomic E-state index is 0.00290. The molecule has 1 aliphatic carbocycles. The second-order valence-corrected chi connectivity index (χ2v) is 9.24. The van der Waals surface area contributed by atoms with Crippen molar-refractivity contribution in [1.82, 2.24) is 10.1 Å². The molecule has 0 unspecified atom stereocenters. The number of carbonyl (C=O) groups excluding carboxylic acids is 1. The molecular formula is C26H30N4O4. The molecule has 0 atom stereocenters. The van der Waals surface area contributed by atoms with E-state index in [-0.39, 0.29) is 6.10 Å². The number of aromatic nitrogens is 2. The fourth-order valence-corrected chi connectivity index (χ4v) is 3.69. The molecule has 8 heteroatoms. The lowest BCUT2D eigenvalue weighted by atomic mass is 10.0. The third-order valence-electron chi connectivity index (χ3n) is 4.93. The molecule has 0 radical (unpaired) electrons. The van der Waals surface area contributed by atoms with Crippen LogP contribution in [-0.4, -0.2) is 27.9 Å². The molecule has 1 aromatic heterocycles. The number of rotatable bonds is 4. The van der Waals surface area contributed by atoms with E-state index < -0.39 is 11.7 Å². The first kappa shape index (κ1) is 24.8. The van der Waals surface area contributed by atoms with Gasteiger partial charge < -0.3 is 19.7 Å². The molecule has 3 aromatic rings. The number of amides is 1. The normalized spacial score (nSPS) is 12.4. The number of carbonyl (C=O) groups is 1. The molecule has 8 nitrogen and oxygen atoms in total. The number of nitriles is 1. The van der Waals surface area contributed by atoms with Gasteiger partial charge in [-0.15, -0.1) is 0 Å². The molecule has 1 heterocycles. The average Bonchev–Trinajstić information content (AvgIpc) is 3.42. The number of aryl methyl sites for hydroxylation is 1. The maximum Gasteiger partial charge on any atom is 0.405 e. The van der Waals surface area contributed by atoms with Gasteiger partial charge in [0.25, 0.3) is 5.89 Å². The molecule has 0 aliphatic heterocycles. The molecule has 178 valence electrons. The lowest BCUT2D eigenvalue weighted by Crippen LogP contribution is -2.27. The maximum absolute atomic E-state index is 10.0. The fourth-order valence-electron chi connectivity index (χ4n) is 3.69. The Hall–Kier alpha value is -3.86. The second-order valence-electron chi connectivity index (χ2n) is 9.24. The second kappa shape index (κ2) is 10.4. The van der Waals surface area contributed by atoms with Crippen molar-refractivity contribution in [3.63, 3.8) is 0 Å². The molecule has 1 amide bonds. The molecular weight excluding hydrogens is 432 g/mol. The van der Waals surface area contributed by atoms with Crippen molar-refractivity contribution >= 4 is 6.09 Å². The first-order chi connectivity index (χ1) is 16.1. The van der Waals surface area contributed by atoms with E-state index in [9.17, 15) is 10.1 Å². The van der Waals surface area contributed by atoms with Crippen molar-refractivity contribution in [1.29, 1.82) is 5.26 Å². The van der Waals surface area contributed by atoms with E-state index in [1.54, 1.807) is 32.9 Å². The molecule has 0 bridgehead atoms. The number of hydrogen-bond acceptors (Lipinski definition) is 7. The highest BCUT2D eigenvalue weighted by Crippen LogP contribution is 2.32. The Balaban J connectivity index is 0.000000350. The highest BCUT2D eigenvalue weighted by molar-refractivity contribution is 5.67. The highest BCUT2D eigenvalue weighted by Gasteiger charge is 2.20. The quantitative estimate of drug-likeness (QED) is 0.548. The summed E-state index contributed by atoms with van der Waals surface area (Å²) in [6, 6.07) is 13.8. The average molecular weight is 463 g/mol. The molecule has 0 saturated carbocycles. The van der Waals surface area contributed by atoms with Crippen molar-refractivity contribution in [3.8, 4) is 34.7 Å². The van der Waals surface area contributed by atoms with E-state index in [1.807, 2.05) is 32.0 Å². The summed E-state index contributed by atoms with van der Waals surface area (Å²) in [6.45, 7) is 9.14. The fraction of sp³-hybridized carbons (Fsp3) is 0.385. The van der Waals surface area contributed by atoms with Gasteiger partial charge >= 0.3 is 6.09 Å². The summed E-state index contributed by atoms with van der Waals surface area (Å²) in [7, 11) is 0. The van der Waals surface area contributed by atoms with Gasteiger partial charge in [0.2, 0.25) is 5.82 Å². The van der Waals surface area contributed by atoms with E-state index >= 15 is 0 Å². The van der Waals surface area contributed by atoms with E-state index in [2.05, 4.69) is 27.0 Å². The summed E-state index contributed by atoms with van der Waals surface area (Å²) >= 11 is 0. The Morgan fingerprint density at radius 3 is 2.59 bits per heavy atom. The van der Waals surface area contributed by atoms with Crippen molar-refractivity contribution in [2.24, 2.45) is 5.73 Å². The number of nitrogens with zero attached hydrogens (tertiary/aromatic N) is 3. The van der Waals surface area contributed by atoms with Gasteiger partial charge in [0, 0.05) is 11.1 Å². The van der Waals surface area contributed by atoms with Crippen LogP contribution in [0.3, 0.4) is 0 Å². The number of benzene rings is 2. The van der Waals surface area contributed by atoms with Gasteiger partial charge in [-0.05, 0) is 83.2 Å². The Kier molecular flexibility index (Phi) is 7.57. The lowest BCUT2D eigenvalue weighted by Gasteiger charge is -2.16. The first-order valence-electron chi connectivity index (χ1n) is 11.2. The van der Waals surface area contributed by atoms with Crippen LogP contribution in [-0.2, 0) is 17.6 Å². The Morgan fingerprint density at radius 2 is 1.97 bits per heavy atom. The number of nitrogens with two attached hydrogens (primary N) is 1. The van der Waals surface area contributed by atoms with Crippen LogP contribution in [0, 0.1) is 11.3 Å². The molecule has 2 N–H and O–H groups in total. The zero-order valence-electron chi connectivity index (χ0n) is 20.2. The SMILES string of the molecule is CC(C)(C)OC(N)=O.CC(C)Oc1ccc(-c2nc(-c3cccc4c3CCC4)no2)cc1C#N. The van der Waals surface area contributed by atoms with E-state index in [0.717, 1.165) is 18.4 Å². The largest absolute Gasteiger partial charge is 0.490 e. The van der Waals surface area contributed by atoms with Crippen LogP contribution in [0.4, 0.5) is 4.79 Å². The molecule has 2 aromatic carbocycles. The van der Waals surface area contributed by atoms with E-state index in [1.165, 1.54) is 17.5 Å². The van der Waals surface area contributed by atoms with Gasteiger partial charge in [-0.25, -0.2) is 4.79 Å². The minimum atomic E-state index is -0.725. The number of primary amides is 1. The summed E-state index contributed by atoms with van der Waals surface area (Å²) < 4.78 is 15.7. The van der Waals surface area contributed by atoms with Crippen molar-refractivity contribution in [3.05, 3.63) is 53.1 Å². The standard InChI is InChI=1S/C21H19N3O2.C5H11NO2/c1-13(2)25-19-10-9-15(11-16(19)12-22)21-23-20(24-26-21)18-8-4-6-14-5-3-7-17(14)18;1-5(2,3)8-4(6)7/h4,6,8-11,13H,3,5,7H2,1-2H3;1-3H3,(H2,6,7). The number of ether oxygens (including phenoxy) is 2. The third kappa shape index (κ3) is 6.35. The van der Waals surface area contributed by atoms with E-state index in [0.29, 0.717) is 28.6 Å². The van der Waals surface area contributed by atoms with E-state index in [4.69, 9.17) is 15.0 Å².